The number of carboxylic acid groups (broad SMARTS) is 1. The molecule has 0 spiro atoms. The van der Waals surface area contributed by atoms with E-state index in [9.17, 15) is 14.7 Å². The normalized spacial score (nSPS) is 19.6. The number of carbonyl (C=O) groups is 2. The number of amides is 1. The summed E-state index contributed by atoms with van der Waals surface area (Å²) in [6.45, 7) is 4.51. The van der Waals surface area contributed by atoms with Gasteiger partial charge in [-0.05, 0) is 24.5 Å². The summed E-state index contributed by atoms with van der Waals surface area (Å²) in [6.07, 6.45) is 2.18. The summed E-state index contributed by atoms with van der Waals surface area (Å²) in [5.74, 6) is -0.934. The third-order valence-electron chi connectivity index (χ3n) is 4.96. The number of benzene rings is 1. The van der Waals surface area contributed by atoms with Gasteiger partial charge >= 0.3 is 5.97 Å². The van der Waals surface area contributed by atoms with Crippen LogP contribution in [0.25, 0.3) is 5.69 Å². The standard InChI is InChI=1S/C19H23N3O4/c1-4-15-13(18(23)21-10-12(2)14(11-21)19(24)25)9-20-22(15)16-7-5-6-8-17(16)26-3/h5-9,12,14H,4,10-11H2,1-3H3,(H,24,25)/t12-,14-/m1/s1. The lowest BCUT2D eigenvalue weighted by Crippen LogP contribution is -2.30. The number of ether oxygens (including phenoxy) is 1. The number of aliphatic carboxylic acids is 1. The number of rotatable bonds is 5. The van der Waals surface area contributed by atoms with Crippen molar-refractivity contribution in [2.24, 2.45) is 11.8 Å². The third kappa shape index (κ3) is 3.05. The minimum atomic E-state index is -0.853. The lowest BCUT2D eigenvalue weighted by Gasteiger charge is -2.16. The Labute approximate surface area is 152 Å². The van der Waals surface area contributed by atoms with Crippen LogP contribution < -0.4 is 4.74 Å². The van der Waals surface area contributed by atoms with E-state index in [1.807, 2.05) is 38.1 Å². The van der Waals surface area contributed by atoms with Crippen LogP contribution in [0, 0.1) is 11.8 Å². The van der Waals surface area contributed by atoms with Crippen molar-refractivity contribution in [2.45, 2.75) is 20.3 Å². The summed E-state index contributed by atoms with van der Waals surface area (Å²) in [4.78, 5) is 25.9. The predicted octanol–water partition coefficient (Wildman–Crippen LogP) is 2.24. The van der Waals surface area contributed by atoms with Crippen molar-refractivity contribution in [2.75, 3.05) is 20.2 Å². The Morgan fingerprint density at radius 2 is 2.04 bits per heavy atom. The number of methoxy groups -OCH3 is 1. The average Bonchev–Trinajstić information content (AvgIpc) is 3.24. The van der Waals surface area contributed by atoms with E-state index in [2.05, 4.69) is 5.10 Å². The molecular weight excluding hydrogens is 334 g/mol. The monoisotopic (exact) mass is 357 g/mol. The van der Waals surface area contributed by atoms with Crippen molar-refractivity contribution in [1.82, 2.24) is 14.7 Å². The van der Waals surface area contributed by atoms with Gasteiger partial charge in [0.2, 0.25) is 0 Å². The van der Waals surface area contributed by atoms with Crippen LogP contribution in [0.4, 0.5) is 0 Å². The van der Waals surface area contributed by atoms with Crippen molar-refractivity contribution >= 4 is 11.9 Å². The molecule has 1 aromatic carbocycles. The molecule has 1 N–H and O–H groups in total. The van der Waals surface area contributed by atoms with Crippen LogP contribution in [0.15, 0.2) is 30.5 Å². The van der Waals surface area contributed by atoms with Gasteiger partial charge in [0.15, 0.2) is 0 Å². The first-order valence-corrected chi connectivity index (χ1v) is 8.70. The van der Waals surface area contributed by atoms with Gasteiger partial charge in [0.25, 0.3) is 5.91 Å². The molecule has 7 heteroatoms. The second kappa shape index (κ2) is 7.19. The van der Waals surface area contributed by atoms with Crippen molar-refractivity contribution in [3.63, 3.8) is 0 Å². The van der Waals surface area contributed by atoms with Crippen LogP contribution >= 0.6 is 0 Å². The largest absolute Gasteiger partial charge is 0.494 e. The minimum absolute atomic E-state index is 0.0641. The van der Waals surface area contributed by atoms with E-state index < -0.39 is 11.9 Å². The first-order chi connectivity index (χ1) is 12.5. The van der Waals surface area contributed by atoms with E-state index in [1.54, 1.807) is 22.9 Å². The number of nitrogens with zero attached hydrogens (tertiary/aromatic N) is 3. The topological polar surface area (TPSA) is 84.7 Å². The van der Waals surface area contributed by atoms with Crippen LogP contribution in [0.2, 0.25) is 0 Å². The predicted molar refractivity (Wildman–Crippen MR) is 95.7 cm³/mol. The molecule has 26 heavy (non-hydrogen) atoms. The Morgan fingerprint density at radius 3 is 2.65 bits per heavy atom. The summed E-state index contributed by atoms with van der Waals surface area (Å²) in [6, 6.07) is 7.50. The van der Waals surface area contributed by atoms with Crippen molar-refractivity contribution in [3.8, 4) is 11.4 Å². The summed E-state index contributed by atoms with van der Waals surface area (Å²) < 4.78 is 7.12. The second-order valence-corrected chi connectivity index (χ2v) is 6.57. The number of hydrogen-bond acceptors (Lipinski definition) is 4. The summed E-state index contributed by atoms with van der Waals surface area (Å²) >= 11 is 0. The van der Waals surface area contributed by atoms with Crippen molar-refractivity contribution in [1.29, 1.82) is 0 Å². The van der Waals surface area contributed by atoms with Crippen LogP contribution in [0.5, 0.6) is 5.75 Å². The highest BCUT2D eigenvalue weighted by atomic mass is 16.5. The number of hydrogen-bond donors (Lipinski definition) is 1. The molecule has 0 aliphatic carbocycles. The molecule has 0 unspecified atom stereocenters. The maximum absolute atomic E-state index is 13.0. The van der Waals surface area contributed by atoms with Crippen molar-refractivity contribution in [3.05, 3.63) is 41.7 Å². The first-order valence-electron chi connectivity index (χ1n) is 8.70. The molecule has 7 nitrogen and oxygen atoms in total. The molecule has 138 valence electrons. The fourth-order valence-corrected chi connectivity index (χ4v) is 3.53. The molecule has 1 aliphatic rings. The Morgan fingerprint density at radius 1 is 1.31 bits per heavy atom. The Kier molecular flexibility index (Phi) is 4.97. The second-order valence-electron chi connectivity index (χ2n) is 6.57. The number of likely N-dealkylation sites (tertiary alicyclic amines) is 1. The molecule has 2 heterocycles. The van der Waals surface area contributed by atoms with E-state index in [0.29, 0.717) is 24.3 Å². The molecule has 2 aromatic rings. The fraction of sp³-hybridized carbons (Fsp3) is 0.421. The zero-order chi connectivity index (χ0) is 18.8. The smallest absolute Gasteiger partial charge is 0.308 e. The highest BCUT2D eigenvalue weighted by Gasteiger charge is 2.38. The fourth-order valence-electron chi connectivity index (χ4n) is 3.53. The van der Waals surface area contributed by atoms with E-state index in [-0.39, 0.29) is 18.4 Å². The van der Waals surface area contributed by atoms with Gasteiger partial charge in [-0.25, -0.2) is 4.68 Å². The maximum Gasteiger partial charge on any atom is 0.308 e. The molecule has 1 aromatic heterocycles. The lowest BCUT2D eigenvalue weighted by molar-refractivity contribution is -0.142. The van der Waals surface area contributed by atoms with Gasteiger partial charge in [0.05, 0.1) is 30.5 Å². The van der Waals surface area contributed by atoms with Gasteiger partial charge in [-0.2, -0.15) is 5.10 Å². The zero-order valence-electron chi connectivity index (χ0n) is 15.2. The van der Waals surface area contributed by atoms with Gasteiger partial charge in [0.1, 0.15) is 11.4 Å². The summed E-state index contributed by atoms with van der Waals surface area (Å²) in [5, 5.41) is 13.7. The Bertz CT molecular complexity index is 830. The molecule has 1 fully saturated rings. The third-order valence-corrected chi connectivity index (χ3v) is 4.96. The number of carbonyl (C=O) groups excluding carboxylic acids is 1. The molecule has 0 saturated carbocycles. The number of carboxylic acids is 1. The Hall–Kier alpha value is -2.83. The molecular formula is C19H23N3O4. The van der Waals surface area contributed by atoms with Crippen LogP contribution in [-0.4, -0.2) is 51.9 Å². The molecule has 1 aliphatic heterocycles. The zero-order valence-corrected chi connectivity index (χ0v) is 15.2. The lowest BCUT2D eigenvalue weighted by atomic mass is 9.99. The van der Waals surface area contributed by atoms with Crippen LogP contribution in [0.1, 0.15) is 29.9 Å². The van der Waals surface area contributed by atoms with E-state index in [4.69, 9.17) is 4.74 Å². The van der Waals surface area contributed by atoms with E-state index >= 15 is 0 Å². The molecule has 0 radical (unpaired) electrons. The van der Waals surface area contributed by atoms with E-state index in [1.165, 1.54) is 0 Å². The van der Waals surface area contributed by atoms with Gasteiger partial charge in [-0.15, -0.1) is 0 Å². The first kappa shape index (κ1) is 18.0. The van der Waals surface area contributed by atoms with Crippen LogP contribution in [0.3, 0.4) is 0 Å². The quantitative estimate of drug-likeness (QED) is 0.887. The highest BCUT2D eigenvalue weighted by Crippen LogP contribution is 2.28. The molecule has 1 saturated heterocycles. The minimum Gasteiger partial charge on any atom is -0.494 e. The van der Waals surface area contributed by atoms with Crippen LogP contribution in [-0.2, 0) is 11.2 Å². The van der Waals surface area contributed by atoms with Gasteiger partial charge in [0, 0.05) is 13.1 Å². The molecule has 2 atom stereocenters. The number of aromatic nitrogens is 2. The highest BCUT2D eigenvalue weighted by molar-refractivity contribution is 5.96. The van der Waals surface area contributed by atoms with Gasteiger partial charge < -0.3 is 14.7 Å². The maximum atomic E-state index is 13.0. The molecule has 0 bridgehead atoms. The number of para-hydroxylation sites is 2. The van der Waals surface area contributed by atoms with Crippen molar-refractivity contribution < 1.29 is 19.4 Å². The van der Waals surface area contributed by atoms with Gasteiger partial charge in [-0.3, -0.25) is 9.59 Å². The summed E-state index contributed by atoms with van der Waals surface area (Å²) in [7, 11) is 1.59. The SMILES string of the molecule is CCc1c(C(=O)N2C[C@@H](C)[C@H](C(=O)O)C2)cnn1-c1ccccc1OC. The van der Waals surface area contributed by atoms with Gasteiger partial charge in [-0.1, -0.05) is 26.0 Å². The molecule has 3 rings (SSSR count). The Balaban J connectivity index is 1.94. The summed E-state index contributed by atoms with van der Waals surface area (Å²) in [5.41, 5.74) is 2.06. The molecule has 1 amide bonds. The average molecular weight is 357 g/mol. The van der Waals surface area contributed by atoms with E-state index in [0.717, 1.165) is 11.4 Å².